The molecule has 8 aromatic rings. The van der Waals surface area contributed by atoms with Gasteiger partial charge in [0, 0.05) is 129 Å². The van der Waals surface area contributed by atoms with Crippen LogP contribution in [0.2, 0.25) is 23.2 Å². The molecule has 7 amide bonds. The summed E-state index contributed by atoms with van der Waals surface area (Å²) >= 11 is 15.9. The molecule has 12 atom stereocenters. The third-order valence-electron chi connectivity index (χ3n) is 26.8. The fraction of sp³-hybridized carbons (Fsp3) is 0.449. The number of amides is 7. The monoisotopic (exact) mass is 2020 g/mol. The van der Waals surface area contributed by atoms with Crippen LogP contribution in [-0.4, -0.2) is 176 Å². The van der Waals surface area contributed by atoms with Gasteiger partial charge in [-0.15, -0.1) is 0 Å². The number of para-hydroxylation sites is 1. The van der Waals surface area contributed by atoms with Gasteiger partial charge in [0.25, 0.3) is 0 Å². The van der Waals surface area contributed by atoms with Crippen LogP contribution in [0.3, 0.4) is 0 Å². The van der Waals surface area contributed by atoms with E-state index in [1.807, 2.05) is 248 Å². The summed E-state index contributed by atoms with van der Waals surface area (Å²) in [6, 6.07) is 57.0. The summed E-state index contributed by atoms with van der Waals surface area (Å²) in [4.78, 5) is 136. The van der Waals surface area contributed by atoms with E-state index in [-0.39, 0.29) is 68.4 Å². The highest BCUT2D eigenvalue weighted by Crippen LogP contribution is 2.53. The summed E-state index contributed by atoms with van der Waals surface area (Å²) in [5.74, 6) is -5.63. The van der Waals surface area contributed by atoms with E-state index in [1.165, 1.54) is 56.3 Å². The van der Waals surface area contributed by atoms with Crippen LogP contribution in [0.25, 0.3) is 22.3 Å². The molecular weight excluding hydrogens is 1890 g/mol. The van der Waals surface area contributed by atoms with E-state index in [0.717, 1.165) is 61.3 Å². The number of rotatable bonds is 31. The van der Waals surface area contributed by atoms with Crippen molar-refractivity contribution in [3.8, 4) is 22.3 Å². The van der Waals surface area contributed by atoms with Crippen LogP contribution < -0.4 is 26.6 Å². The minimum Gasteiger partial charge on any atom is -0.460 e. The Balaban J connectivity index is 0.000000276. The van der Waals surface area contributed by atoms with Gasteiger partial charge in [-0.25, -0.2) is 19.2 Å². The van der Waals surface area contributed by atoms with Crippen molar-refractivity contribution >= 4 is 137 Å². The van der Waals surface area contributed by atoms with Crippen LogP contribution in [0, 0.1) is 30.6 Å². The quantitative estimate of drug-likeness (QED) is 0.00887. The number of halogens is 1. The number of fused-ring (bicyclic) bond motifs is 9. The Hall–Kier alpha value is -10.1. The lowest BCUT2D eigenvalue weighted by Gasteiger charge is -2.46. The molecule has 13 rings (SSSR count). The second kappa shape index (κ2) is 47.4. The predicted molar refractivity (Wildman–Crippen MR) is 562 cm³/mol. The number of nitrogens with zero attached hydrogens (tertiary/aromatic N) is 3. The van der Waals surface area contributed by atoms with Gasteiger partial charge in [0.2, 0.25) is 29.5 Å². The highest BCUT2D eigenvalue weighted by atomic mass is 35.5. The second-order valence-electron chi connectivity index (χ2n) is 40.2. The largest absolute Gasteiger partial charge is 0.460 e. The highest BCUT2D eigenvalue weighted by molar-refractivity contribution is 8.64. The number of piperidine rings is 1. The maximum atomic E-state index is 15.4. The standard InChI is InChI=1S/C64H91N7O10Si.C43H42ClNO5.S6/c1-17-32-79-60(77)51-35-64(13)47-28-22-23-29-48(47)66-61(64)71(51)58(75)53(39(6)7)67-55(72)49(33-37(2)3)65-56(73)50-34-41(81-82(15,16)63(10,11)12)30-31-70(50)59(76)54(40(8)9)69(14)57(74)52(38(4)5)68-62(78)80-36-46-44-26-20-18-24-42(44)43-25-19-21-27-45(43)46;1-28-23-25-31(26-24-28)43(30-15-7-6-8-16-30,37-21-13-14-22-38(37)44)50-40(46)39(29(2)49-42(3,4)5)45-41(47)48-27-36-34-19-11-9-17-32(34)33-18-10-12-20-35(33)36;1-3-5-6-4-2/h17-29,37-41,46,49-54,61,66H,1,30-36H2,2-16H3,(H,65,73)(H,67,72)(H,68,78);6-26,29,36,39H,27H2,1-5H3,(H,45,47);/t41-,49-,50+,51-,52+,53+,54-,61-,64-;29-,39+,43?;/m00./s1. The molecule has 1 unspecified atom stereocenters. The molecule has 31 heteroatoms. The predicted octanol–water partition coefficient (Wildman–Crippen LogP) is 18.7. The van der Waals surface area contributed by atoms with Crippen LogP contribution >= 0.6 is 11.6 Å². The molecule has 0 radical (unpaired) electrons. The maximum absolute atomic E-state index is 15.4. The Kier molecular flexibility index (Phi) is 37.2. The first-order valence-electron chi connectivity index (χ1n) is 47.2. The van der Waals surface area contributed by atoms with Crippen LogP contribution in [0.15, 0.2) is 213 Å². The molecule has 2 fully saturated rings. The van der Waals surface area contributed by atoms with Crippen molar-refractivity contribution in [1.82, 2.24) is 36.0 Å². The van der Waals surface area contributed by atoms with E-state index < -0.39 is 157 Å². The molecule has 138 heavy (non-hydrogen) atoms. The zero-order chi connectivity index (χ0) is 101. The van der Waals surface area contributed by atoms with E-state index in [9.17, 15) is 28.8 Å². The molecule has 738 valence electrons. The average Bonchev–Trinajstić information content (AvgIpc) is 1.54. The number of aryl methyl sites for hydroxylation is 1. The number of carbonyl (C=O) groups excluding carboxylic acids is 9. The third kappa shape index (κ3) is 25.2. The molecule has 2 saturated heterocycles. The van der Waals surface area contributed by atoms with Gasteiger partial charge in [0.15, 0.2) is 20.0 Å². The maximum Gasteiger partial charge on any atom is 0.407 e. The molecule has 3 heterocycles. The number of anilines is 1. The van der Waals surface area contributed by atoms with E-state index in [4.69, 9.17) is 39.7 Å². The van der Waals surface area contributed by atoms with Gasteiger partial charge in [-0.1, -0.05) is 301 Å². The minimum absolute atomic E-state index is 0.0361. The van der Waals surface area contributed by atoms with E-state index >= 15 is 14.4 Å². The fourth-order valence-electron chi connectivity index (χ4n) is 19.2. The number of hydrogen-bond acceptors (Lipinski definition) is 18. The van der Waals surface area contributed by atoms with Crippen molar-refractivity contribution in [1.29, 1.82) is 0 Å². The summed E-state index contributed by atoms with van der Waals surface area (Å²) in [6.45, 7) is 40.9. The summed E-state index contributed by atoms with van der Waals surface area (Å²) in [6.07, 6.45) is -0.839. The highest BCUT2D eigenvalue weighted by Gasteiger charge is 2.60. The first kappa shape index (κ1) is 108. The topological polar surface area (TPSA) is 279 Å². The summed E-state index contributed by atoms with van der Waals surface area (Å²) in [7, 11) is 4.78. The number of likely N-dealkylation sites (N-methyl/N-ethyl adjacent to an activating group) is 1. The van der Waals surface area contributed by atoms with Gasteiger partial charge in [0.1, 0.15) is 62.2 Å². The zero-order valence-corrected chi connectivity index (χ0v) is 89.2. The molecule has 23 nitrogen and oxygen atoms in total. The van der Waals surface area contributed by atoms with Gasteiger partial charge < -0.3 is 69.4 Å². The van der Waals surface area contributed by atoms with Crippen LogP contribution in [-0.2, 0) is 131 Å². The molecule has 3 aliphatic heterocycles. The molecule has 0 aromatic heterocycles. The SMILES string of the molecule is C=CCOC(=O)[C@@H]1C[C@@]2(C)c3ccccc3N[C@H]2N1C(=O)[C@H](NC(=O)[C@H](CC(C)C)NC(=O)[C@H]1C[C@@H](O[Si](C)(C)C(C)(C)C)CCN1C(=O)[C@H](C(C)C)N(C)C(=O)[C@H](NC(=O)OCC1c2ccccc2-c2ccccc21)C(C)C)C(C)C.Cc1ccc(C(OC(=O)[C@H](NC(=O)OCC2c3ccccc3-c3ccccc32)[C@H](C)OC(C)(C)C)(c2ccccc2)c2ccccc2Cl)cc1.S=S=S=S=S=S. The number of carbonyl (C=O) groups is 9. The minimum atomic E-state index is -2.40. The van der Waals surface area contributed by atoms with Crippen molar-refractivity contribution in [2.75, 3.05) is 38.7 Å². The van der Waals surface area contributed by atoms with Gasteiger partial charge in [0.05, 0.1) is 11.7 Å². The number of ether oxygens (including phenoxy) is 5. The number of hydrogen-bond donors (Lipinski definition) is 5. The fourth-order valence-corrected chi connectivity index (χ4v) is 26.3. The Bertz CT molecular complexity index is 5810. The zero-order valence-electron chi connectivity index (χ0n) is 82.5. The van der Waals surface area contributed by atoms with Crippen LogP contribution in [0.5, 0.6) is 0 Å². The number of benzene rings is 8. The Morgan fingerprint density at radius 1 is 0.601 bits per heavy atom. The lowest BCUT2D eigenvalue weighted by Crippen LogP contribution is -2.64. The van der Waals surface area contributed by atoms with E-state index in [0.29, 0.717) is 28.1 Å². The summed E-state index contributed by atoms with van der Waals surface area (Å²) in [5.41, 5.74) is 10.8. The smallest absolute Gasteiger partial charge is 0.407 e. The Morgan fingerprint density at radius 2 is 1.09 bits per heavy atom. The van der Waals surface area contributed by atoms with Crippen molar-refractivity contribution in [3.63, 3.8) is 0 Å². The van der Waals surface area contributed by atoms with Crippen molar-refractivity contribution in [2.45, 2.75) is 251 Å². The Labute approximate surface area is 841 Å². The van der Waals surface area contributed by atoms with Crippen LogP contribution in [0.4, 0.5) is 15.3 Å². The normalized spacial score (nSPS) is 18.6. The number of alkyl carbamates (subject to hydrolysis) is 2. The summed E-state index contributed by atoms with van der Waals surface area (Å²) in [5, 5.41) is 15.5. The number of esters is 2. The first-order chi connectivity index (χ1) is 65.4. The molecular formula is C107H133ClN8O15S6Si. The number of likely N-dealkylation sites (tertiary alicyclic amines) is 2. The molecule has 0 bridgehead atoms. The molecule has 5 N–H and O–H groups in total. The van der Waals surface area contributed by atoms with Gasteiger partial charge >= 0.3 is 24.1 Å². The molecule has 8 aromatic carbocycles. The van der Waals surface area contributed by atoms with Crippen LogP contribution in [0.1, 0.15) is 198 Å². The summed E-state index contributed by atoms with van der Waals surface area (Å²) < 4.78 is 37.3. The third-order valence-corrected chi connectivity index (χ3v) is 38.4. The van der Waals surface area contributed by atoms with Crippen molar-refractivity contribution < 1.29 is 71.3 Å². The average molecular weight is 2030 g/mol. The molecule has 0 spiro atoms. The van der Waals surface area contributed by atoms with Gasteiger partial charge in [-0.05, 0) is 158 Å². The first-order valence-corrected chi connectivity index (χ1v) is 57.1. The Morgan fingerprint density at radius 3 is 1.59 bits per heavy atom. The lowest BCUT2D eigenvalue weighted by molar-refractivity contribution is -0.163. The molecule has 0 saturated carbocycles. The van der Waals surface area contributed by atoms with Crippen molar-refractivity contribution in [2.24, 2.45) is 23.7 Å². The van der Waals surface area contributed by atoms with Gasteiger partial charge in [-0.2, -0.15) is 0 Å². The lowest BCUT2D eigenvalue weighted by atomic mass is 9.79. The number of nitrogens with one attached hydrogen (secondary N) is 5. The second-order valence-corrected chi connectivity index (χ2v) is 52.4. The van der Waals surface area contributed by atoms with Crippen molar-refractivity contribution in [3.05, 3.63) is 268 Å². The molecule has 2 aliphatic carbocycles. The van der Waals surface area contributed by atoms with E-state index in [1.54, 1.807) is 20.0 Å². The molecule has 5 aliphatic rings. The van der Waals surface area contributed by atoms with Gasteiger partial charge in [-0.3, -0.25) is 24.0 Å². The van der Waals surface area contributed by atoms with E-state index in [2.05, 4.69) is 126 Å².